The van der Waals surface area contributed by atoms with Gasteiger partial charge in [-0.05, 0) is 66.8 Å². The van der Waals surface area contributed by atoms with Crippen LogP contribution < -0.4 is 15.1 Å². The fourth-order valence-electron chi connectivity index (χ4n) is 9.02. The summed E-state index contributed by atoms with van der Waals surface area (Å²) in [5, 5.41) is 23.6. The number of ether oxygens (including phenoxy) is 1. The smallest absolute Gasteiger partial charge is 0.417 e. The van der Waals surface area contributed by atoms with Crippen LogP contribution in [0.1, 0.15) is 35.4 Å². The number of fused-ring (bicyclic) bond motifs is 4. The molecule has 0 bridgehead atoms. The van der Waals surface area contributed by atoms with Gasteiger partial charge in [0.25, 0.3) is 17.5 Å². The number of carbonyl (C=O) groups excluding carboxylic acids is 4. The first-order chi connectivity index (χ1) is 27.1. The number of carbonyl (C=O) groups is 4. The van der Waals surface area contributed by atoms with Crippen LogP contribution in [-0.2, 0) is 30.8 Å². The van der Waals surface area contributed by atoms with Crippen LogP contribution in [0.5, 0.6) is 11.5 Å². The number of hydrogen-bond donors (Lipinski definition) is 2. The Bertz CT molecular complexity index is 2450. The number of rotatable bonds is 7. The molecule has 4 aromatic rings. The molecule has 1 aromatic heterocycles. The van der Waals surface area contributed by atoms with Crippen LogP contribution >= 0.6 is 23.2 Å². The number of amides is 4. The van der Waals surface area contributed by atoms with Gasteiger partial charge in [0.1, 0.15) is 11.5 Å². The molecule has 1 saturated carbocycles. The number of nitro benzene ring substituents is 1. The van der Waals surface area contributed by atoms with Gasteiger partial charge in [0.05, 0.1) is 51.5 Å². The van der Waals surface area contributed by atoms with Crippen LogP contribution in [0.25, 0.3) is 0 Å². The Labute approximate surface area is 330 Å². The number of allylic oxidation sites excluding steroid dienone is 2. The molecule has 4 aliphatic rings. The highest BCUT2D eigenvalue weighted by Gasteiger charge is 2.71. The number of imide groups is 2. The summed E-state index contributed by atoms with van der Waals surface area (Å²) in [6.45, 7) is 0. The molecular weight excluding hydrogens is 794 g/mol. The number of anilines is 2. The number of non-ortho nitro benzene ring substituents is 1. The molecular formula is C39H28Cl2F3N5O8. The summed E-state index contributed by atoms with van der Waals surface area (Å²) in [7, 11) is 1.39. The number of aromatic hydroxyl groups is 1. The minimum Gasteiger partial charge on any atom is -0.508 e. The quantitative estimate of drug-likeness (QED) is 0.0839. The lowest BCUT2D eigenvalue weighted by atomic mass is 9.49. The molecule has 6 atom stereocenters. The van der Waals surface area contributed by atoms with Crippen LogP contribution in [0.4, 0.5) is 30.4 Å². The van der Waals surface area contributed by atoms with Crippen molar-refractivity contribution >= 4 is 64.0 Å². The van der Waals surface area contributed by atoms with E-state index in [1.807, 2.05) is 0 Å². The van der Waals surface area contributed by atoms with E-state index in [4.69, 9.17) is 27.9 Å². The highest BCUT2D eigenvalue weighted by molar-refractivity contribution is 6.33. The molecule has 8 rings (SSSR count). The van der Waals surface area contributed by atoms with E-state index < -0.39 is 86.1 Å². The number of halogens is 5. The van der Waals surface area contributed by atoms with Crippen molar-refractivity contribution in [2.75, 3.05) is 17.4 Å². The first kappa shape index (κ1) is 37.9. The number of hydrazine groups is 1. The van der Waals surface area contributed by atoms with Gasteiger partial charge in [-0.25, -0.2) is 9.88 Å². The van der Waals surface area contributed by atoms with Crippen molar-refractivity contribution in [3.8, 4) is 11.5 Å². The van der Waals surface area contributed by atoms with Crippen molar-refractivity contribution in [1.29, 1.82) is 0 Å². The lowest BCUT2D eigenvalue weighted by Crippen LogP contribution is -2.53. The summed E-state index contributed by atoms with van der Waals surface area (Å²) in [6, 6.07) is 16.2. The molecule has 2 aliphatic carbocycles. The Kier molecular flexibility index (Phi) is 9.03. The Hall–Kier alpha value is -6.00. The second-order valence-corrected chi connectivity index (χ2v) is 15.0. The van der Waals surface area contributed by atoms with Gasteiger partial charge in [0.2, 0.25) is 11.8 Å². The van der Waals surface area contributed by atoms with E-state index in [1.165, 1.54) is 55.6 Å². The van der Waals surface area contributed by atoms with E-state index in [0.717, 1.165) is 11.0 Å². The summed E-state index contributed by atoms with van der Waals surface area (Å²) in [5.74, 6) is -8.92. The van der Waals surface area contributed by atoms with Crippen LogP contribution in [0.3, 0.4) is 0 Å². The average Bonchev–Trinajstić information content (AvgIpc) is 3.56. The maximum atomic E-state index is 15.3. The van der Waals surface area contributed by atoms with Crippen molar-refractivity contribution in [2.45, 2.75) is 30.4 Å². The van der Waals surface area contributed by atoms with Gasteiger partial charge in [0, 0.05) is 34.8 Å². The molecule has 0 unspecified atom stereocenters. The first-order valence-electron chi connectivity index (χ1n) is 17.4. The molecule has 292 valence electrons. The minimum atomic E-state index is -4.79. The summed E-state index contributed by atoms with van der Waals surface area (Å²) in [6.07, 6.45) is -2.75. The fraction of sp³-hybridized carbons (Fsp3) is 0.256. The van der Waals surface area contributed by atoms with E-state index in [1.54, 1.807) is 18.2 Å². The monoisotopic (exact) mass is 821 g/mol. The van der Waals surface area contributed by atoms with Gasteiger partial charge < -0.3 is 9.84 Å². The molecule has 18 heteroatoms. The highest BCUT2D eigenvalue weighted by Crippen LogP contribution is 2.65. The minimum absolute atomic E-state index is 0.00424. The second-order valence-electron chi connectivity index (χ2n) is 14.1. The predicted molar refractivity (Wildman–Crippen MR) is 197 cm³/mol. The Morgan fingerprint density at radius 3 is 2.39 bits per heavy atom. The molecule has 2 aliphatic heterocycles. The zero-order valence-corrected chi connectivity index (χ0v) is 30.9. The zero-order valence-electron chi connectivity index (χ0n) is 29.4. The average molecular weight is 823 g/mol. The molecule has 4 amide bonds. The molecule has 2 saturated heterocycles. The third-order valence-corrected chi connectivity index (χ3v) is 11.9. The number of nitro groups is 1. The number of hydrogen-bond acceptors (Lipinski definition) is 10. The van der Waals surface area contributed by atoms with Gasteiger partial charge in [0.15, 0.2) is 5.82 Å². The Balaban J connectivity index is 1.32. The number of nitrogens with zero attached hydrogens (tertiary/aromatic N) is 4. The van der Waals surface area contributed by atoms with E-state index in [2.05, 4.69) is 10.4 Å². The Morgan fingerprint density at radius 1 is 0.982 bits per heavy atom. The second kappa shape index (κ2) is 13.6. The lowest BCUT2D eigenvalue weighted by Gasteiger charge is -2.50. The number of alkyl halides is 3. The summed E-state index contributed by atoms with van der Waals surface area (Å²) in [4.78, 5) is 74.4. The first-order valence-corrected chi connectivity index (χ1v) is 18.2. The normalized spacial score (nSPS) is 25.5. The predicted octanol–water partition coefficient (Wildman–Crippen LogP) is 7.22. The van der Waals surface area contributed by atoms with E-state index in [9.17, 15) is 42.8 Å². The number of aromatic nitrogens is 1. The van der Waals surface area contributed by atoms with Crippen molar-refractivity contribution in [1.82, 2.24) is 9.99 Å². The van der Waals surface area contributed by atoms with E-state index >= 15 is 4.79 Å². The van der Waals surface area contributed by atoms with Gasteiger partial charge in [-0.15, -0.1) is 0 Å². The van der Waals surface area contributed by atoms with Crippen LogP contribution in [-0.4, -0.2) is 50.8 Å². The zero-order chi connectivity index (χ0) is 40.7. The number of nitrogens with one attached hydrogen (secondary N) is 1. The van der Waals surface area contributed by atoms with Gasteiger partial charge in [-0.2, -0.15) is 18.2 Å². The number of phenols is 1. The van der Waals surface area contributed by atoms with Crippen molar-refractivity contribution in [3.63, 3.8) is 0 Å². The Morgan fingerprint density at radius 2 is 1.72 bits per heavy atom. The van der Waals surface area contributed by atoms with Crippen LogP contribution in [0.15, 0.2) is 90.6 Å². The SMILES string of the molecule is COc1ccc(O)c([C@H]2C3=CC[C@@H]4C(=O)N(c5cccc([N+](=O)[O-])c5)C(=O)[C@@H]4[C@@H]3C[C@H]3C(=O)N(Nc4ncc(C(F)(F)F)cc4Cl)C(=O)[C@@]23c2ccc(Cl)cc2)c1. The number of methoxy groups -OCH3 is 1. The molecule has 57 heavy (non-hydrogen) atoms. The third kappa shape index (κ3) is 5.79. The van der Waals surface area contributed by atoms with Crippen LogP contribution in [0, 0.1) is 33.8 Å². The van der Waals surface area contributed by atoms with Gasteiger partial charge in [-0.1, -0.05) is 53.1 Å². The van der Waals surface area contributed by atoms with Gasteiger partial charge in [-0.3, -0.25) is 34.7 Å². The molecule has 3 fully saturated rings. The van der Waals surface area contributed by atoms with Crippen molar-refractivity contribution < 1.29 is 47.1 Å². The van der Waals surface area contributed by atoms with Crippen LogP contribution in [0.2, 0.25) is 10.0 Å². The molecule has 3 heterocycles. The van der Waals surface area contributed by atoms with E-state index in [0.29, 0.717) is 27.9 Å². The summed E-state index contributed by atoms with van der Waals surface area (Å²) < 4.78 is 46.0. The molecule has 0 spiro atoms. The highest BCUT2D eigenvalue weighted by atomic mass is 35.5. The lowest BCUT2D eigenvalue weighted by molar-refractivity contribution is -0.384. The number of benzene rings is 3. The number of pyridine rings is 1. The third-order valence-electron chi connectivity index (χ3n) is 11.4. The number of phenolic OH excluding ortho intramolecular Hbond substituents is 1. The standard InChI is InChI=1S/C39H28Cl2F3N5O8/c1-57-23-9-12-30(50)27(15-23)32-24-10-11-25-31(36(53)47(34(25)51)21-3-2-4-22(14-21)49(55)56)26(24)16-28-35(52)48(37(54)38(28,32)18-5-7-20(40)8-6-18)46-33-29(41)13-19(17-45-33)39(42,43)44/h2-10,12-15,17,25-26,28,31-32,50H,11,16H2,1H3,(H,45,46)/t25-,26+,28-,31-,32+,38+/m0/s1. The summed E-state index contributed by atoms with van der Waals surface area (Å²) >= 11 is 12.5. The largest absolute Gasteiger partial charge is 0.508 e. The molecule has 2 N–H and O–H groups in total. The maximum Gasteiger partial charge on any atom is 0.417 e. The molecule has 3 aromatic carbocycles. The maximum absolute atomic E-state index is 15.3. The summed E-state index contributed by atoms with van der Waals surface area (Å²) in [5.41, 5.74) is 0.0159. The van der Waals surface area contributed by atoms with E-state index in [-0.39, 0.29) is 46.8 Å². The van der Waals surface area contributed by atoms with Gasteiger partial charge >= 0.3 is 6.18 Å². The fourth-order valence-corrected chi connectivity index (χ4v) is 9.35. The topological polar surface area (TPSA) is 172 Å². The molecule has 13 nitrogen and oxygen atoms in total. The van der Waals surface area contributed by atoms with Crippen molar-refractivity contribution in [2.24, 2.45) is 23.7 Å². The van der Waals surface area contributed by atoms with Crippen molar-refractivity contribution in [3.05, 3.63) is 127 Å². The molecule has 0 radical (unpaired) electrons.